The minimum Gasteiger partial charge on any atom is -0.366 e. The van der Waals surface area contributed by atoms with Crippen LogP contribution >= 0.6 is 0 Å². The molecule has 100 valence electrons. The highest BCUT2D eigenvalue weighted by Crippen LogP contribution is 2.21. The van der Waals surface area contributed by atoms with E-state index in [0.717, 1.165) is 0 Å². The van der Waals surface area contributed by atoms with Crippen LogP contribution in [0.2, 0.25) is 0 Å². The van der Waals surface area contributed by atoms with Crippen molar-refractivity contribution in [2.24, 2.45) is 5.73 Å². The number of amides is 1. The molecule has 18 heavy (non-hydrogen) atoms. The van der Waals surface area contributed by atoms with Crippen LogP contribution in [0.1, 0.15) is 23.7 Å². The molecule has 0 aliphatic carbocycles. The third kappa shape index (κ3) is 3.39. The van der Waals surface area contributed by atoms with Crippen LogP contribution in [0, 0.1) is 11.6 Å². The van der Waals surface area contributed by atoms with E-state index in [1.165, 1.54) is 0 Å². The average Bonchev–Trinajstić information content (AvgIpc) is 2.21. The van der Waals surface area contributed by atoms with Crippen molar-refractivity contribution in [1.29, 1.82) is 0 Å². The summed E-state index contributed by atoms with van der Waals surface area (Å²) in [5, 5.41) is 0. The molecule has 1 aromatic rings. The minimum absolute atomic E-state index is 0.241. The lowest BCUT2D eigenvalue weighted by atomic mass is 10.1. The molecule has 8 heteroatoms. The fraction of sp³-hybridized carbons (Fsp3) is 0.300. The van der Waals surface area contributed by atoms with Gasteiger partial charge in [-0.05, 0) is 12.5 Å². The molecular weight excluding hydrogens is 266 g/mol. The zero-order chi connectivity index (χ0) is 13.9. The van der Waals surface area contributed by atoms with Crippen LogP contribution in [-0.4, -0.2) is 20.1 Å². The van der Waals surface area contributed by atoms with Gasteiger partial charge in [0.05, 0.1) is 17.0 Å². The van der Waals surface area contributed by atoms with Crippen LogP contribution in [0.25, 0.3) is 0 Å². The van der Waals surface area contributed by atoms with Gasteiger partial charge < -0.3 is 5.73 Å². The van der Waals surface area contributed by atoms with Crippen molar-refractivity contribution in [1.82, 2.24) is 0 Å². The summed E-state index contributed by atoms with van der Waals surface area (Å²) in [6, 6.07) is 1.25. The number of sulfonamides is 1. The Hall–Kier alpha value is -1.70. The normalized spacial score (nSPS) is 11.3. The summed E-state index contributed by atoms with van der Waals surface area (Å²) >= 11 is 0. The first-order valence-electron chi connectivity index (χ1n) is 5.06. The number of hydrogen-bond acceptors (Lipinski definition) is 3. The highest BCUT2D eigenvalue weighted by molar-refractivity contribution is 7.92. The second-order valence-electron chi connectivity index (χ2n) is 3.60. The highest BCUT2D eigenvalue weighted by atomic mass is 32.2. The molecule has 0 fully saturated rings. The lowest BCUT2D eigenvalue weighted by molar-refractivity contribution is 0.0996. The van der Waals surface area contributed by atoms with E-state index in [1.54, 1.807) is 6.92 Å². The molecule has 0 spiro atoms. The number of benzene rings is 1. The maximum absolute atomic E-state index is 13.7. The number of nitrogens with one attached hydrogen (secondary N) is 1. The zero-order valence-corrected chi connectivity index (χ0v) is 10.4. The van der Waals surface area contributed by atoms with Crippen molar-refractivity contribution in [2.75, 3.05) is 10.5 Å². The summed E-state index contributed by atoms with van der Waals surface area (Å²) in [4.78, 5) is 10.9. The van der Waals surface area contributed by atoms with Gasteiger partial charge in [0.25, 0.3) is 5.91 Å². The van der Waals surface area contributed by atoms with Crippen LogP contribution in [0.15, 0.2) is 12.1 Å². The van der Waals surface area contributed by atoms with Crippen molar-refractivity contribution in [3.05, 3.63) is 29.3 Å². The molecule has 5 nitrogen and oxygen atoms in total. The number of rotatable bonds is 5. The Kier molecular flexibility index (Phi) is 4.23. The van der Waals surface area contributed by atoms with Gasteiger partial charge in [0.1, 0.15) is 5.82 Å². The number of hydrogen-bond donors (Lipinski definition) is 2. The third-order valence-electron chi connectivity index (χ3n) is 2.04. The number of carbonyl (C=O) groups excluding carboxylic acids is 1. The molecule has 0 aliphatic heterocycles. The fourth-order valence-electron chi connectivity index (χ4n) is 1.33. The second kappa shape index (κ2) is 5.30. The quantitative estimate of drug-likeness (QED) is 0.848. The zero-order valence-electron chi connectivity index (χ0n) is 9.54. The van der Waals surface area contributed by atoms with E-state index in [2.05, 4.69) is 0 Å². The van der Waals surface area contributed by atoms with Crippen LogP contribution in [0.3, 0.4) is 0 Å². The summed E-state index contributed by atoms with van der Waals surface area (Å²) in [5.41, 5.74) is 3.52. The number of carbonyl (C=O) groups is 1. The highest BCUT2D eigenvalue weighted by Gasteiger charge is 2.18. The summed E-state index contributed by atoms with van der Waals surface area (Å²) in [6.07, 6.45) is 0.314. The summed E-state index contributed by atoms with van der Waals surface area (Å²) in [5.74, 6) is -3.57. The van der Waals surface area contributed by atoms with E-state index in [9.17, 15) is 22.0 Å². The second-order valence-corrected chi connectivity index (χ2v) is 5.44. The van der Waals surface area contributed by atoms with Gasteiger partial charge in [-0.15, -0.1) is 0 Å². The molecule has 0 atom stereocenters. The Labute approximate surface area is 103 Å². The van der Waals surface area contributed by atoms with E-state index in [-0.39, 0.29) is 5.75 Å². The molecule has 1 aromatic carbocycles. The van der Waals surface area contributed by atoms with E-state index in [1.807, 2.05) is 4.72 Å². The molecular formula is C10H12F2N2O3S. The van der Waals surface area contributed by atoms with Crippen molar-refractivity contribution >= 4 is 21.6 Å². The largest absolute Gasteiger partial charge is 0.366 e. The number of anilines is 1. The predicted octanol–water partition coefficient (Wildman–Crippen LogP) is 1.22. The van der Waals surface area contributed by atoms with Crippen molar-refractivity contribution in [2.45, 2.75) is 13.3 Å². The first-order chi connectivity index (χ1) is 8.26. The van der Waals surface area contributed by atoms with Gasteiger partial charge in [-0.25, -0.2) is 17.2 Å². The number of nitrogens with two attached hydrogens (primary N) is 1. The van der Waals surface area contributed by atoms with Crippen molar-refractivity contribution in [3.8, 4) is 0 Å². The molecule has 0 saturated heterocycles. The molecule has 3 N–H and O–H groups in total. The van der Waals surface area contributed by atoms with E-state index < -0.39 is 38.8 Å². The Morgan fingerprint density at radius 1 is 1.39 bits per heavy atom. The monoisotopic (exact) mass is 278 g/mol. The van der Waals surface area contributed by atoms with Gasteiger partial charge in [0.2, 0.25) is 10.0 Å². The molecule has 0 aromatic heterocycles. The smallest absolute Gasteiger partial charge is 0.251 e. The molecule has 1 rings (SSSR count). The lowest BCUT2D eigenvalue weighted by Crippen LogP contribution is -2.20. The molecule has 0 unspecified atom stereocenters. The predicted molar refractivity (Wildman–Crippen MR) is 62.6 cm³/mol. The van der Waals surface area contributed by atoms with Crippen molar-refractivity contribution < 1.29 is 22.0 Å². The van der Waals surface area contributed by atoms with Crippen LogP contribution in [0.4, 0.5) is 14.5 Å². The summed E-state index contributed by atoms with van der Waals surface area (Å²) in [6.45, 7) is 1.62. The molecule has 0 aliphatic rings. The van der Waals surface area contributed by atoms with E-state index in [4.69, 9.17) is 5.73 Å². The topological polar surface area (TPSA) is 89.3 Å². The third-order valence-corrected chi connectivity index (χ3v) is 3.52. The minimum atomic E-state index is -3.78. The van der Waals surface area contributed by atoms with Gasteiger partial charge >= 0.3 is 0 Å². The van der Waals surface area contributed by atoms with E-state index in [0.29, 0.717) is 18.6 Å². The molecule has 0 heterocycles. The average molecular weight is 278 g/mol. The van der Waals surface area contributed by atoms with Gasteiger partial charge in [0.15, 0.2) is 5.82 Å². The summed E-state index contributed by atoms with van der Waals surface area (Å²) < 4.78 is 51.5. The van der Waals surface area contributed by atoms with Gasteiger partial charge in [-0.2, -0.15) is 0 Å². The maximum Gasteiger partial charge on any atom is 0.251 e. The first-order valence-corrected chi connectivity index (χ1v) is 6.71. The number of halogens is 2. The SMILES string of the molecule is CCCS(=O)(=O)Nc1cc(F)cc(C(N)=O)c1F. The van der Waals surface area contributed by atoms with Gasteiger partial charge in [-0.3, -0.25) is 9.52 Å². The van der Waals surface area contributed by atoms with Crippen molar-refractivity contribution in [3.63, 3.8) is 0 Å². The van der Waals surface area contributed by atoms with Gasteiger partial charge in [-0.1, -0.05) is 6.92 Å². The molecule has 0 saturated carbocycles. The molecule has 1 amide bonds. The standard InChI is InChI=1S/C10H12F2N2O3S/c1-2-3-18(16,17)14-8-5-6(11)4-7(9(8)12)10(13)15/h4-5,14H,2-3H2,1H3,(H2,13,15). The number of primary amides is 1. The Morgan fingerprint density at radius 3 is 2.50 bits per heavy atom. The Balaban J connectivity index is 3.22. The van der Waals surface area contributed by atoms with Crippen LogP contribution in [0.5, 0.6) is 0 Å². The molecule has 0 bridgehead atoms. The van der Waals surface area contributed by atoms with Crippen LogP contribution in [-0.2, 0) is 10.0 Å². The first kappa shape index (κ1) is 14.4. The van der Waals surface area contributed by atoms with E-state index >= 15 is 0 Å². The van der Waals surface area contributed by atoms with Crippen LogP contribution < -0.4 is 10.5 Å². The lowest BCUT2D eigenvalue weighted by Gasteiger charge is -2.10. The maximum atomic E-state index is 13.7. The van der Waals surface area contributed by atoms with Gasteiger partial charge in [0, 0.05) is 6.07 Å². The Morgan fingerprint density at radius 2 is 2.00 bits per heavy atom. The fourth-order valence-corrected chi connectivity index (χ4v) is 2.45. The Bertz CT molecular complexity index is 573. The summed E-state index contributed by atoms with van der Waals surface area (Å²) in [7, 11) is -3.78. The molecule has 0 radical (unpaired) electrons.